The molecule has 2 aromatic carbocycles. The number of rotatable bonds is 2. The van der Waals surface area contributed by atoms with E-state index in [1.165, 1.54) is 25.8 Å². The lowest BCUT2D eigenvalue weighted by Crippen LogP contribution is -2.76. The quantitative estimate of drug-likeness (QED) is 0.290. The van der Waals surface area contributed by atoms with Crippen molar-refractivity contribution in [1.29, 1.82) is 5.26 Å². The number of carbonyl (C=O) groups excluding carboxylic acids is 3. The lowest BCUT2D eigenvalue weighted by atomic mass is 9.56. The van der Waals surface area contributed by atoms with Gasteiger partial charge in [0.2, 0.25) is 12.6 Å². The number of esters is 2. The van der Waals surface area contributed by atoms with Crippen LogP contribution < -0.4 is 18.9 Å². The first-order chi connectivity index (χ1) is 22.0. The van der Waals surface area contributed by atoms with Gasteiger partial charge in [-0.2, -0.15) is 5.26 Å². The Morgan fingerprint density at radius 2 is 1.89 bits per heavy atom. The maximum atomic E-state index is 13.0. The third kappa shape index (κ3) is 2.90. The maximum absolute atomic E-state index is 13.0. The molecule has 4 fully saturated rings. The molecule has 6 heterocycles. The number of hydrogen-bond donors (Lipinski definition) is 1. The molecule has 1 N–H and O–H groups in total. The number of ether oxygens (including phenoxy) is 5. The molecular weight excluding hydrogens is 614 g/mol. The Morgan fingerprint density at radius 1 is 1.13 bits per heavy atom. The van der Waals surface area contributed by atoms with Gasteiger partial charge in [-0.25, -0.2) is 4.79 Å². The number of cyclic esters (lactones) is 1. The first kappa shape index (κ1) is 28.3. The van der Waals surface area contributed by atoms with Crippen LogP contribution >= 0.6 is 11.8 Å². The number of carbonyl (C=O) groups is 3. The third-order valence-corrected chi connectivity index (χ3v) is 13.0. The Kier molecular flexibility index (Phi) is 5.45. The minimum Gasteiger partial charge on any atom is -0.504 e. The van der Waals surface area contributed by atoms with Crippen molar-refractivity contribution in [3.8, 4) is 34.8 Å². The summed E-state index contributed by atoms with van der Waals surface area (Å²) in [5, 5.41) is 22.6. The van der Waals surface area contributed by atoms with Crippen molar-refractivity contribution in [2.24, 2.45) is 5.92 Å². The summed E-state index contributed by atoms with van der Waals surface area (Å²) in [4.78, 5) is 43.2. The number of fused-ring (bicyclic) bond motifs is 9. The first-order valence-corrected chi connectivity index (χ1v) is 16.4. The minimum absolute atomic E-state index is 0.0537. The fourth-order valence-corrected chi connectivity index (χ4v) is 11.6. The third-order valence-electron chi connectivity index (χ3n) is 11.7. The SMILES string of the molecule is COc1c(C)cc2c(c1O)[C@@H]1C3[C@@H]4SCC(=O)C(=O)OC[C@@H](c5c6c(c(C)c(OC(C)=O)c54)OCO6)N3[C@@]3(C#N)C4CC3C2(C)N41. The second kappa shape index (κ2) is 8.87. The second-order valence-electron chi connectivity index (χ2n) is 13.4. The zero-order valence-corrected chi connectivity index (χ0v) is 26.6. The average Bonchev–Trinajstić information content (AvgIpc) is 3.72. The summed E-state index contributed by atoms with van der Waals surface area (Å²) >= 11 is 1.25. The largest absolute Gasteiger partial charge is 0.504 e. The van der Waals surface area contributed by atoms with Gasteiger partial charge in [0.15, 0.2) is 23.0 Å². The molecule has 0 spiro atoms. The van der Waals surface area contributed by atoms with E-state index in [9.17, 15) is 24.8 Å². The summed E-state index contributed by atoms with van der Waals surface area (Å²) in [5.41, 5.74) is 2.81. The van der Waals surface area contributed by atoms with Crippen LogP contribution in [0.3, 0.4) is 0 Å². The number of nitriles is 1. The van der Waals surface area contributed by atoms with Gasteiger partial charge in [-0.15, -0.1) is 11.8 Å². The highest BCUT2D eigenvalue weighted by molar-refractivity contribution is 8.00. The molecule has 1 aliphatic carbocycles. The highest BCUT2D eigenvalue weighted by atomic mass is 32.2. The van der Waals surface area contributed by atoms with Gasteiger partial charge in [0.05, 0.1) is 41.8 Å². The Balaban J connectivity index is 1.40. The summed E-state index contributed by atoms with van der Waals surface area (Å²) in [6.07, 6.45) is 0.787. The van der Waals surface area contributed by atoms with Crippen LogP contribution in [-0.4, -0.2) is 76.5 Å². The van der Waals surface area contributed by atoms with Gasteiger partial charge in [-0.3, -0.25) is 19.4 Å². The molecule has 0 aromatic heterocycles. The zero-order valence-electron chi connectivity index (χ0n) is 25.8. The van der Waals surface area contributed by atoms with Crippen LogP contribution in [0.5, 0.6) is 28.7 Å². The van der Waals surface area contributed by atoms with Crippen LogP contribution in [0.1, 0.15) is 71.0 Å². The predicted octanol–water partition coefficient (Wildman–Crippen LogP) is 3.25. The Labute approximate surface area is 268 Å². The van der Waals surface area contributed by atoms with E-state index in [1.807, 2.05) is 6.92 Å². The van der Waals surface area contributed by atoms with E-state index in [-0.39, 0.29) is 36.9 Å². The van der Waals surface area contributed by atoms with Gasteiger partial charge in [0, 0.05) is 47.2 Å². The maximum Gasteiger partial charge on any atom is 0.375 e. The molecule has 6 aliphatic heterocycles. The second-order valence-corrected chi connectivity index (χ2v) is 14.5. The molecule has 6 bridgehead atoms. The van der Waals surface area contributed by atoms with E-state index in [4.69, 9.17) is 23.7 Å². The number of methoxy groups -OCH3 is 1. The molecule has 46 heavy (non-hydrogen) atoms. The number of hydrogen-bond acceptors (Lipinski definition) is 13. The van der Waals surface area contributed by atoms with Crippen molar-refractivity contribution in [2.75, 3.05) is 26.3 Å². The Hall–Kier alpha value is -3.99. The number of piperazine rings is 1. The van der Waals surface area contributed by atoms with Crippen molar-refractivity contribution in [3.05, 3.63) is 39.4 Å². The van der Waals surface area contributed by atoms with Gasteiger partial charge in [0.25, 0.3) is 0 Å². The van der Waals surface area contributed by atoms with Gasteiger partial charge < -0.3 is 28.8 Å². The zero-order chi connectivity index (χ0) is 32.2. The van der Waals surface area contributed by atoms with E-state index in [0.29, 0.717) is 39.7 Å². The van der Waals surface area contributed by atoms with Crippen LogP contribution in [0, 0.1) is 31.1 Å². The highest BCUT2D eigenvalue weighted by Crippen LogP contribution is 2.79. The number of aryl methyl sites for hydroxylation is 1. The van der Waals surface area contributed by atoms with Crippen molar-refractivity contribution in [2.45, 2.75) is 74.6 Å². The van der Waals surface area contributed by atoms with E-state index in [1.54, 1.807) is 6.92 Å². The number of benzene rings is 2. The molecular formula is C33H31N3O9S. The molecule has 9 rings (SSSR count). The average molecular weight is 646 g/mol. The molecule has 238 valence electrons. The lowest BCUT2D eigenvalue weighted by molar-refractivity contribution is -0.163. The van der Waals surface area contributed by atoms with E-state index in [0.717, 1.165) is 23.1 Å². The van der Waals surface area contributed by atoms with E-state index >= 15 is 0 Å². The monoisotopic (exact) mass is 645 g/mol. The Morgan fingerprint density at radius 3 is 2.61 bits per heavy atom. The number of thioether (sulfide) groups is 1. The van der Waals surface area contributed by atoms with E-state index < -0.39 is 52.2 Å². The normalized spacial score (nSPS) is 35.8. The van der Waals surface area contributed by atoms with Crippen LogP contribution in [0.4, 0.5) is 0 Å². The topological polar surface area (TPSA) is 148 Å². The minimum atomic E-state index is -0.979. The van der Waals surface area contributed by atoms with Crippen LogP contribution in [0.2, 0.25) is 0 Å². The van der Waals surface area contributed by atoms with Crippen molar-refractivity contribution in [1.82, 2.24) is 9.80 Å². The van der Waals surface area contributed by atoms with Crippen LogP contribution in [-0.2, 0) is 24.7 Å². The molecule has 0 radical (unpaired) electrons. The summed E-state index contributed by atoms with van der Waals surface area (Å²) in [5.74, 6) is -0.828. The fraction of sp³-hybridized carbons (Fsp3) is 0.515. The molecule has 4 unspecified atom stereocenters. The smallest absolute Gasteiger partial charge is 0.375 e. The number of Topliss-reactive ketones (excluding diaryl/α,β-unsaturated/α-hetero) is 1. The predicted molar refractivity (Wildman–Crippen MR) is 160 cm³/mol. The summed E-state index contributed by atoms with van der Waals surface area (Å²) < 4.78 is 29.4. The number of phenolic OH excluding ortho intramolecular Hbond substituents is 1. The van der Waals surface area contributed by atoms with Crippen molar-refractivity contribution < 1.29 is 43.2 Å². The number of phenols is 1. The van der Waals surface area contributed by atoms with Gasteiger partial charge >= 0.3 is 11.9 Å². The number of nitrogens with zero attached hydrogens (tertiary/aromatic N) is 3. The summed E-state index contributed by atoms with van der Waals surface area (Å²) in [7, 11) is 1.53. The molecule has 3 saturated heterocycles. The summed E-state index contributed by atoms with van der Waals surface area (Å²) in [6, 6.07) is 2.99. The van der Waals surface area contributed by atoms with E-state index in [2.05, 4.69) is 28.9 Å². The van der Waals surface area contributed by atoms with Crippen LogP contribution in [0.15, 0.2) is 6.07 Å². The molecule has 0 amide bonds. The molecule has 12 nitrogen and oxygen atoms in total. The molecule has 2 aromatic rings. The van der Waals surface area contributed by atoms with Gasteiger partial charge in [-0.05, 0) is 44.4 Å². The molecule has 7 aliphatic rings. The number of aromatic hydroxyl groups is 1. The summed E-state index contributed by atoms with van der Waals surface area (Å²) in [6.45, 7) is 6.91. The molecule has 8 atom stereocenters. The van der Waals surface area contributed by atoms with Gasteiger partial charge in [-0.1, -0.05) is 0 Å². The standard InChI is InChI=1S/C33H31N3O9S/c1-12-6-15-20(25(39)26(12)41-5)23-24-30-22-21(29-28(43-11-44-29)13(2)27(22)45-14(3)37)16(8-42-31(40)17(38)9-46-30)35(24)33(10-34)18-7-19(33)36(23)32(15,18)4/h6,16,18-19,23-24,30,39H,7-9,11H2,1-5H3/t16-,18?,19?,23+,24?,30+,32?,33+/m0/s1. The Bertz CT molecular complexity index is 1890. The molecule has 1 saturated carbocycles. The van der Waals surface area contributed by atoms with Crippen LogP contribution in [0.25, 0.3) is 0 Å². The van der Waals surface area contributed by atoms with Crippen molar-refractivity contribution in [3.63, 3.8) is 0 Å². The number of ketones is 1. The first-order valence-electron chi connectivity index (χ1n) is 15.4. The lowest BCUT2D eigenvalue weighted by Gasteiger charge is -2.65. The van der Waals surface area contributed by atoms with Gasteiger partial charge in [0.1, 0.15) is 17.9 Å². The highest BCUT2D eigenvalue weighted by Gasteiger charge is 2.85. The fourth-order valence-electron chi connectivity index (χ4n) is 10.2. The van der Waals surface area contributed by atoms with Crippen molar-refractivity contribution >= 4 is 29.5 Å². The molecule has 13 heteroatoms.